The first-order valence-electron chi connectivity index (χ1n) is 12.8. The second-order valence-electron chi connectivity index (χ2n) is 10.1. The molecule has 3 aromatic rings. The SMILES string of the molecule is Cc1ccc(S(OS(=O)(=O)C(F)(F)C(F)C(F)(F)F)(c2ccc(C)cc2)c2ccc(C3CCCCC3)cc2)cc1. The van der Waals surface area contributed by atoms with E-state index < -0.39 is 38.0 Å². The lowest BCUT2D eigenvalue weighted by Crippen LogP contribution is -2.48. The van der Waals surface area contributed by atoms with Gasteiger partial charge in [-0.1, -0.05) is 66.8 Å². The van der Waals surface area contributed by atoms with E-state index in [0.717, 1.165) is 48.8 Å². The standard InChI is InChI=1S/C29H30F6O3S2/c1-20-8-14-24(15-9-20)39(25-16-10-21(2)11-17-25,38-40(36,37)29(34,35)27(30)28(31,32)33)26-18-12-23(13-19-26)22-6-4-3-5-7-22/h8-19,22,27H,3-7H2,1-2H3. The molecule has 0 amide bonds. The highest BCUT2D eigenvalue weighted by Crippen LogP contribution is 2.71. The van der Waals surface area contributed by atoms with Gasteiger partial charge in [-0.05, 0) is 84.9 Å². The summed E-state index contributed by atoms with van der Waals surface area (Å²) in [6, 6.07) is 19.1. The van der Waals surface area contributed by atoms with Crippen LogP contribution in [0.2, 0.25) is 0 Å². The predicted octanol–water partition coefficient (Wildman–Crippen LogP) is 9.39. The Morgan fingerprint density at radius 1 is 0.700 bits per heavy atom. The number of halogens is 6. The fraction of sp³-hybridized carbons (Fsp3) is 0.379. The molecule has 0 spiro atoms. The first kappa shape index (κ1) is 30.5. The third-order valence-corrected chi connectivity index (χ3v) is 12.3. The van der Waals surface area contributed by atoms with Gasteiger partial charge in [-0.25, -0.2) is 8.02 Å². The van der Waals surface area contributed by atoms with Crippen molar-refractivity contribution >= 4 is 20.4 Å². The number of hydrogen-bond acceptors (Lipinski definition) is 3. The van der Waals surface area contributed by atoms with Crippen LogP contribution in [0.3, 0.4) is 0 Å². The molecule has 0 aliphatic heterocycles. The Bertz CT molecular complexity index is 1350. The van der Waals surface area contributed by atoms with E-state index in [4.69, 9.17) is 3.63 Å². The highest BCUT2D eigenvalue weighted by Gasteiger charge is 2.66. The molecular weight excluding hydrogens is 574 g/mol. The minimum atomic E-state index is -6.49. The van der Waals surface area contributed by atoms with Crippen LogP contribution in [-0.4, -0.2) is 26.0 Å². The number of aryl methyl sites for hydroxylation is 2. The molecule has 1 saturated carbocycles. The average molecular weight is 605 g/mol. The van der Waals surface area contributed by atoms with Gasteiger partial charge >= 0.3 is 21.5 Å². The average Bonchev–Trinajstić information content (AvgIpc) is 2.92. The molecular formula is C29H30F6O3S2. The maximum Gasteiger partial charge on any atom is 0.426 e. The quantitative estimate of drug-likeness (QED) is 0.241. The molecule has 40 heavy (non-hydrogen) atoms. The van der Waals surface area contributed by atoms with Crippen molar-refractivity contribution in [1.82, 2.24) is 0 Å². The summed E-state index contributed by atoms with van der Waals surface area (Å²) in [7, 11) is -10.1. The van der Waals surface area contributed by atoms with E-state index in [1.807, 2.05) is 0 Å². The van der Waals surface area contributed by atoms with E-state index in [-0.39, 0.29) is 20.6 Å². The van der Waals surface area contributed by atoms with Crippen molar-refractivity contribution in [2.75, 3.05) is 0 Å². The molecule has 218 valence electrons. The smallest absolute Gasteiger partial charge is 0.229 e. The molecule has 0 saturated heterocycles. The van der Waals surface area contributed by atoms with Crippen LogP contribution in [0.15, 0.2) is 87.5 Å². The molecule has 3 nitrogen and oxygen atoms in total. The summed E-state index contributed by atoms with van der Waals surface area (Å²) >= 11 is 0. The van der Waals surface area contributed by atoms with Crippen molar-refractivity contribution < 1.29 is 38.4 Å². The molecule has 0 aromatic heterocycles. The third kappa shape index (κ3) is 5.92. The van der Waals surface area contributed by atoms with Crippen LogP contribution in [0.25, 0.3) is 0 Å². The Labute approximate surface area is 232 Å². The van der Waals surface area contributed by atoms with Crippen molar-refractivity contribution in [2.24, 2.45) is 0 Å². The zero-order valence-corrected chi connectivity index (χ0v) is 23.6. The summed E-state index contributed by atoms with van der Waals surface area (Å²) in [6.45, 7) is 3.52. The van der Waals surface area contributed by atoms with E-state index in [1.54, 1.807) is 62.4 Å². The van der Waals surface area contributed by atoms with Gasteiger partial charge in [0.1, 0.15) is 0 Å². The molecule has 0 heterocycles. The molecule has 1 aliphatic rings. The summed E-state index contributed by atoms with van der Waals surface area (Å²) in [5.74, 6) is 0.277. The normalized spacial score (nSPS) is 17.0. The maximum absolute atomic E-state index is 14.8. The fourth-order valence-corrected chi connectivity index (χ4v) is 9.99. The van der Waals surface area contributed by atoms with Crippen molar-refractivity contribution in [1.29, 1.82) is 0 Å². The van der Waals surface area contributed by atoms with Gasteiger partial charge in [0.25, 0.3) is 6.17 Å². The van der Waals surface area contributed by atoms with E-state index >= 15 is 0 Å². The van der Waals surface area contributed by atoms with Gasteiger partial charge in [0.15, 0.2) is 0 Å². The molecule has 1 unspecified atom stereocenters. The van der Waals surface area contributed by atoms with Gasteiger partial charge in [-0.15, -0.1) is 0 Å². The second-order valence-corrected chi connectivity index (χ2v) is 14.6. The molecule has 1 fully saturated rings. The first-order valence-corrected chi connectivity index (χ1v) is 15.8. The van der Waals surface area contributed by atoms with Crippen LogP contribution < -0.4 is 0 Å². The molecule has 0 N–H and O–H groups in total. The summed E-state index contributed by atoms with van der Waals surface area (Å²) in [4.78, 5) is 0.463. The second kappa shape index (κ2) is 11.4. The van der Waals surface area contributed by atoms with Gasteiger partial charge in [-0.3, -0.25) is 0 Å². The van der Waals surface area contributed by atoms with Crippen LogP contribution >= 0.6 is 10.3 Å². The van der Waals surface area contributed by atoms with Crippen molar-refractivity contribution in [3.8, 4) is 0 Å². The van der Waals surface area contributed by atoms with Gasteiger partial charge in [0, 0.05) is 14.7 Å². The molecule has 1 aliphatic carbocycles. The Hall–Kier alpha value is -2.50. The minimum absolute atomic E-state index is 0.147. The van der Waals surface area contributed by atoms with Crippen molar-refractivity contribution in [2.45, 2.75) is 84.2 Å². The predicted molar refractivity (Wildman–Crippen MR) is 143 cm³/mol. The molecule has 1 atom stereocenters. The van der Waals surface area contributed by atoms with Crippen LogP contribution in [-0.2, 0) is 13.7 Å². The van der Waals surface area contributed by atoms with Crippen LogP contribution in [0.4, 0.5) is 26.3 Å². The van der Waals surface area contributed by atoms with Gasteiger partial charge in [0.05, 0.1) is 0 Å². The minimum Gasteiger partial charge on any atom is -0.229 e. The molecule has 3 aromatic carbocycles. The van der Waals surface area contributed by atoms with E-state index in [9.17, 15) is 34.8 Å². The summed E-state index contributed by atoms with van der Waals surface area (Å²) in [5, 5.41) is -5.90. The maximum atomic E-state index is 14.8. The zero-order valence-electron chi connectivity index (χ0n) is 21.9. The van der Waals surface area contributed by atoms with Crippen molar-refractivity contribution in [3.63, 3.8) is 0 Å². The number of rotatable bonds is 8. The number of benzene rings is 3. The Morgan fingerprint density at radius 3 is 1.50 bits per heavy atom. The lowest BCUT2D eigenvalue weighted by molar-refractivity contribution is -0.222. The largest absolute Gasteiger partial charge is 0.426 e. The molecule has 11 heteroatoms. The van der Waals surface area contributed by atoms with E-state index in [0.29, 0.717) is 0 Å². The van der Waals surface area contributed by atoms with E-state index in [2.05, 4.69) is 0 Å². The van der Waals surface area contributed by atoms with Gasteiger partial charge < -0.3 is 0 Å². The monoisotopic (exact) mass is 604 g/mol. The van der Waals surface area contributed by atoms with Crippen LogP contribution in [0.5, 0.6) is 0 Å². The lowest BCUT2D eigenvalue weighted by atomic mass is 9.84. The molecule has 0 radical (unpaired) electrons. The van der Waals surface area contributed by atoms with Crippen LogP contribution in [0.1, 0.15) is 54.7 Å². The third-order valence-electron chi connectivity index (χ3n) is 7.10. The van der Waals surface area contributed by atoms with Gasteiger partial charge in [-0.2, -0.15) is 30.4 Å². The summed E-state index contributed by atoms with van der Waals surface area (Å²) in [6.07, 6.45) is -5.90. The Morgan fingerprint density at radius 2 is 1.10 bits per heavy atom. The number of alkyl halides is 6. The van der Waals surface area contributed by atoms with E-state index in [1.165, 1.54) is 24.3 Å². The fourth-order valence-electron chi connectivity index (χ4n) is 4.85. The molecule has 4 rings (SSSR count). The van der Waals surface area contributed by atoms with Crippen molar-refractivity contribution in [3.05, 3.63) is 89.5 Å². The highest BCUT2D eigenvalue weighted by molar-refractivity contribution is 8.33. The summed E-state index contributed by atoms with van der Waals surface area (Å²) < 4.78 is 114. The summed E-state index contributed by atoms with van der Waals surface area (Å²) in [5.41, 5.74) is 2.52. The first-order chi connectivity index (χ1) is 18.7. The Kier molecular flexibility index (Phi) is 8.69. The topological polar surface area (TPSA) is 43.4 Å². The van der Waals surface area contributed by atoms with Gasteiger partial charge in [0.2, 0.25) is 0 Å². The highest BCUT2D eigenvalue weighted by atomic mass is 32.3. The lowest BCUT2D eigenvalue weighted by Gasteiger charge is -2.40. The zero-order chi connectivity index (χ0) is 29.3. The Balaban J connectivity index is 1.95. The van der Waals surface area contributed by atoms with Crippen LogP contribution in [0, 0.1) is 13.8 Å². The molecule has 0 bridgehead atoms. The number of hydrogen-bond donors (Lipinski definition) is 0.